The average molecular weight is 221 g/mol. The molecule has 5 nitrogen and oxygen atoms in total. The predicted octanol–water partition coefficient (Wildman–Crippen LogP) is 1.32. The minimum absolute atomic E-state index is 0.324. The first kappa shape index (κ1) is 12.1. The van der Waals surface area contributed by atoms with Crippen molar-refractivity contribution in [3.63, 3.8) is 0 Å². The molecule has 1 rings (SSSR count). The molecule has 0 bridgehead atoms. The van der Waals surface area contributed by atoms with Gasteiger partial charge in [0.1, 0.15) is 6.33 Å². The second-order valence-electron chi connectivity index (χ2n) is 3.57. The van der Waals surface area contributed by atoms with Gasteiger partial charge in [-0.1, -0.05) is 5.92 Å². The van der Waals surface area contributed by atoms with Crippen LogP contribution in [0.3, 0.4) is 0 Å². The topological polar surface area (TPSA) is 56.3 Å². The molecule has 1 heterocycles. The molecular formula is C11H15N3O2. The van der Waals surface area contributed by atoms with Crippen molar-refractivity contribution in [1.29, 1.82) is 0 Å². The number of anilines is 1. The molecule has 0 unspecified atom stereocenters. The van der Waals surface area contributed by atoms with Crippen molar-refractivity contribution in [2.45, 2.75) is 19.4 Å². The van der Waals surface area contributed by atoms with E-state index in [2.05, 4.69) is 21.2 Å². The van der Waals surface area contributed by atoms with Crippen molar-refractivity contribution >= 4 is 5.82 Å². The largest absolute Gasteiger partial charge is 0.489 e. The quantitative estimate of drug-likeness (QED) is 0.777. The molecule has 0 aliphatic heterocycles. The van der Waals surface area contributed by atoms with Crippen molar-refractivity contribution in [2.24, 2.45) is 0 Å². The van der Waals surface area contributed by atoms with Crippen LogP contribution in [-0.4, -0.2) is 29.7 Å². The van der Waals surface area contributed by atoms with Gasteiger partial charge in [-0.25, -0.2) is 4.98 Å². The Morgan fingerprint density at radius 2 is 2.12 bits per heavy atom. The number of rotatable bonds is 4. The van der Waals surface area contributed by atoms with Gasteiger partial charge in [0.05, 0.1) is 7.11 Å². The fourth-order valence-corrected chi connectivity index (χ4v) is 1.06. The summed E-state index contributed by atoms with van der Waals surface area (Å²) < 4.78 is 10.7. The Labute approximate surface area is 95.2 Å². The zero-order chi connectivity index (χ0) is 12.2. The second-order valence-corrected chi connectivity index (χ2v) is 3.57. The summed E-state index contributed by atoms with van der Waals surface area (Å²) in [5.41, 5.74) is -0.743. The van der Waals surface area contributed by atoms with Gasteiger partial charge in [0, 0.05) is 7.05 Å². The van der Waals surface area contributed by atoms with Crippen LogP contribution in [0.2, 0.25) is 0 Å². The van der Waals surface area contributed by atoms with Crippen molar-refractivity contribution < 1.29 is 9.47 Å². The third-order valence-corrected chi connectivity index (χ3v) is 1.91. The third-order valence-electron chi connectivity index (χ3n) is 1.91. The molecule has 1 N–H and O–H groups in total. The van der Waals surface area contributed by atoms with Crippen LogP contribution in [0.15, 0.2) is 6.33 Å². The van der Waals surface area contributed by atoms with E-state index in [-0.39, 0.29) is 0 Å². The Kier molecular flexibility index (Phi) is 3.56. The highest BCUT2D eigenvalue weighted by molar-refractivity contribution is 5.54. The Balaban J connectivity index is 3.10. The first-order valence-corrected chi connectivity index (χ1v) is 4.77. The SMILES string of the molecule is C#CC(C)(C)Oc1ncnc(NC)c1OC. The molecule has 0 saturated heterocycles. The van der Waals surface area contributed by atoms with Crippen LogP contribution in [0.1, 0.15) is 13.8 Å². The van der Waals surface area contributed by atoms with Gasteiger partial charge >= 0.3 is 0 Å². The number of aromatic nitrogens is 2. The predicted molar refractivity (Wildman–Crippen MR) is 61.7 cm³/mol. The van der Waals surface area contributed by atoms with Crippen molar-refractivity contribution in [2.75, 3.05) is 19.5 Å². The highest BCUT2D eigenvalue weighted by Gasteiger charge is 2.21. The van der Waals surface area contributed by atoms with E-state index in [1.807, 2.05) is 0 Å². The monoisotopic (exact) mass is 221 g/mol. The molecule has 0 aliphatic rings. The van der Waals surface area contributed by atoms with Crippen LogP contribution < -0.4 is 14.8 Å². The zero-order valence-corrected chi connectivity index (χ0v) is 9.87. The van der Waals surface area contributed by atoms with E-state index in [4.69, 9.17) is 15.9 Å². The first-order valence-electron chi connectivity index (χ1n) is 4.77. The van der Waals surface area contributed by atoms with Crippen molar-refractivity contribution in [3.05, 3.63) is 6.33 Å². The molecule has 0 spiro atoms. The summed E-state index contributed by atoms with van der Waals surface area (Å²) >= 11 is 0. The van der Waals surface area contributed by atoms with E-state index in [9.17, 15) is 0 Å². The van der Waals surface area contributed by atoms with Gasteiger partial charge in [0.25, 0.3) is 5.88 Å². The Hall–Kier alpha value is -1.96. The highest BCUT2D eigenvalue weighted by atomic mass is 16.5. The maximum Gasteiger partial charge on any atom is 0.264 e. The molecule has 0 saturated carbocycles. The summed E-state index contributed by atoms with van der Waals surface area (Å²) in [7, 11) is 3.26. The summed E-state index contributed by atoms with van der Waals surface area (Å²) in [5.74, 6) is 3.84. The minimum Gasteiger partial charge on any atom is -0.489 e. The highest BCUT2D eigenvalue weighted by Crippen LogP contribution is 2.32. The molecule has 86 valence electrons. The van der Waals surface area contributed by atoms with Gasteiger partial charge in [0.15, 0.2) is 11.4 Å². The first-order chi connectivity index (χ1) is 7.54. The fraction of sp³-hybridized carbons (Fsp3) is 0.455. The van der Waals surface area contributed by atoms with Gasteiger partial charge in [-0.3, -0.25) is 0 Å². The van der Waals surface area contributed by atoms with E-state index < -0.39 is 5.60 Å². The zero-order valence-electron chi connectivity index (χ0n) is 9.87. The summed E-state index contributed by atoms with van der Waals surface area (Å²) in [6.07, 6.45) is 6.73. The second kappa shape index (κ2) is 4.71. The molecule has 0 aliphatic carbocycles. The number of hydrogen-bond acceptors (Lipinski definition) is 5. The molecular weight excluding hydrogens is 206 g/mol. The van der Waals surface area contributed by atoms with Gasteiger partial charge < -0.3 is 14.8 Å². The van der Waals surface area contributed by atoms with E-state index in [0.717, 1.165) is 0 Å². The molecule has 0 aromatic carbocycles. The number of nitrogens with one attached hydrogen (secondary N) is 1. The molecule has 0 radical (unpaired) electrons. The number of terminal acetylenes is 1. The normalized spacial score (nSPS) is 10.4. The molecule has 1 aromatic rings. The lowest BCUT2D eigenvalue weighted by Crippen LogP contribution is -2.26. The van der Waals surface area contributed by atoms with Crippen LogP contribution in [0.4, 0.5) is 5.82 Å². The minimum atomic E-state index is -0.743. The van der Waals surface area contributed by atoms with Crippen LogP contribution in [-0.2, 0) is 0 Å². The maximum atomic E-state index is 5.56. The van der Waals surface area contributed by atoms with Crippen LogP contribution in [0, 0.1) is 12.3 Å². The van der Waals surface area contributed by atoms with Crippen LogP contribution in [0.25, 0.3) is 0 Å². The van der Waals surface area contributed by atoms with Crippen molar-refractivity contribution in [3.8, 4) is 24.0 Å². The molecule has 0 amide bonds. The lowest BCUT2D eigenvalue weighted by Gasteiger charge is -2.21. The fourth-order valence-electron chi connectivity index (χ4n) is 1.06. The molecule has 16 heavy (non-hydrogen) atoms. The number of methoxy groups -OCH3 is 1. The lowest BCUT2D eigenvalue weighted by atomic mass is 10.1. The van der Waals surface area contributed by atoms with Gasteiger partial charge in [-0.2, -0.15) is 4.98 Å². The van der Waals surface area contributed by atoms with Gasteiger partial charge in [0.2, 0.25) is 5.75 Å². The molecule has 0 fully saturated rings. The van der Waals surface area contributed by atoms with E-state index in [1.165, 1.54) is 13.4 Å². The van der Waals surface area contributed by atoms with E-state index in [0.29, 0.717) is 17.4 Å². The third kappa shape index (κ3) is 2.54. The molecule has 0 atom stereocenters. The Bertz CT molecular complexity index is 410. The smallest absolute Gasteiger partial charge is 0.264 e. The van der Waals surface area contributed by atoms with Crippen LogP contribution >= 0.6 is 0 Å². The van der Waals surface area contributed by atoms with E-state index >= 15 is 0 Å². The lowest BCUT2D eigenvalue weighted by molar-refractivity contribution is 0.157. The van der Waals surface area contributed by atoms with Gasteiger partial charge in [-0.15, -0.1) is 6.42 Å². The number of nitrogens with zero attached hydrogens (tertiary/aromatic N) is 2. The Morgan fingerprint density at radius 1 is 1.44 bits per heavy atom. The maximum absolute atomic E-state index is 5.56. The molecule has 5 heteroatoms. The summed E-state index contributed by atoms with van der Waals surface area (Å²) in [5, 5.41) is 2.88. The van der Waals surface area contributed by atoms with Crippen molar-refractivity contribution in [1.82, 2.24) is 9.97 Å². The van der Waals surface area contributed by atoms with E-state index in [1.54, 1.807) is 20.9 Å². The summed E-state index contributed by atoms with van der Waals surface area (Å²) in [4.78, 5) is 8.00. The average Bonchev–Trinajstić information content (AvgIpc) is 2.28. The molecule has 1 aromatic heterocycles. The summed E-state index contributed by atoms with van der Waals surface area (Å²) in [6, 6.07) is 0. The van der Waals surface area contributed by atoms with Crippen LogP contribution in [0.5, 0.6) is 11.6 Å². The summed E-state index contributed by atoms with van der Waals surface area (Å²) in [6.45, 7) is 3.54. The number of hydrogen-bond donors (Lipinski definition) is 1. The van der Waals surface area contributed by atoms with Gasteiger partial charge in [-0.05, 0) is 13.8 Å². The standard InChI is InChI=1S/C11H15N3O2/c1-6-11(2,3)16-10-8(15-5)9(12-4)13-7-14-10/h1,7H,2-5H3,(H,12,13,14). The number of ether oxygens (including phenoxy) is 2. The Morgan fingerprint density at radius 3 is 2.62 bits per heavy atom.